The van der Waals surface area contributed by atoms with Crippen molar-refractivity contribution < 1.29 is 9.84 Å². The zero-order valence-corrected chi connectivity index (χ0v) is 12.5. The summed E-state index contributed by atoms with van der Waals surface area (Å²) in [6.07, 6.45) is 0. The van der Waals surface area contributed by atoms with Crippen LogP contribution >= 0.6 is 0 Å². The second-order valence-electron chi connectivity index (χ2n) is 4.98. The van der Waals surface area contributed by atoms with Gasteiger partial charge in [-0.2, -0.15) is 0 Å². The number of nitrogens with one attached hydrogen (secondary N) is 1. The Morgan fingerprint density at radius 3 is 2.24 bits per heavy atom. The number of aliphatic hydroxyl groups excluding tert-OH is 1. The highest BCUT2D eigenvalue weighted by molar-refractivity contribution is 5.27. The standard InChI is InChI=1S/C18H23NO2/c1-2-21-14-18-6-4-3-5-17(18)12-19-11-15-7-9-16(13-20)10-8-15/h3-10,19-20H,2,11-14H2,1H3. The molecular weight excluding hydrogens is 262 g/mol. The van der Waals surface area contributed by atoms with Crippen LogP contribution in [0.5, 0.6) is 0 Å². The van der Waals surface area contributed by atoms with Crippen LogP contribution in [0.15, 0.2) is 48.5 Å². The van der Waals surface area contributed by atoms with Crippen molar-refractivity contribution in [3.8, 4) is 0 Å². The first-order valence-corrected chi connectivity index (χ1v) is 7.37. The van der Waals surface area contributed by atoms with Crippen LogP contribution in [-0.2, 0) is 31.0 Å². The van der Waals surface area contributed by atoms with Crippen molar-refractivity contribution in [3.63, 3.8) is 0 Å². The molecule has 0 aliphatic heterocycles. The Bertz CT molecular complexity index is 537. The summed E-state index contributed by atoms with van der Waals surface area (Å²) in [7, 11) is 0. The summed E-state index contributed by atoms with van der Waals surface area (Å²) in [6, 6.07) is 16.4. The van der Waals surface area contributed by atoms with Gasteiger partial charge in [-0.25, -0.2) is 0 Å². The Morgan fingerprint density at radius 1 is 0.905 bits per heavy atom. The monoisotopic (exact) mass is 285 g/mol. The quantitative estimate of drug-likeness (QED) is 0.783. The summed E-state index contributed by atoms with van der Waals surface area (Å²) in [5.41, 5.74) is 4.68. The first-order chi connectivity index (χ1) is 10.3. The van der Waals surface area contributed by atoms with Gasteiger partial charge >= 0.3 is 0 Å². The van der Waals surface area contributed by atoms with Crippen molar-refractivity contribution >= 4 is 0 Å². The lowest BCUT2D eigenvalue weighted by Crippen LogP contribution is -2.14. The summed E-state index contributed by atoms with van der Waals surface area (Å²) in [4.78, 5) is 0. The Hall–Kier alpha value is -1.68. The minimum Gasteiger partial charge on any atom is -0.392 e. The molecule has 0 amide bonds. The molecule has 0 aromatic heterocycles. The van der Waals surface area contributed by atoms with Crippen molar-refractivity contribution in [2.45, 2.75) is 33.2 Å². The van der Waals surface area contributed by atoms with Gasteiger partial charge in [-0.1, -0.05) is 48.5 Å². The van der Waals surface area contributed by atoms with Crippen molar-refractivity contribution in [3.05, 3.63) is 70.8 Å². The van der Waals surface area contributed by atoms with E-state index in [0.717, 1.165) is 25.3 Å². The Labute approximate surface area is 126 Å². The minimum absolute atomic E-state index is 0.0957. The van der Waals surface area contributed by atoms with Gasteiger partial charge in [0.15, 0.2) is 0 Å². The van der Waals surface area contributed by atoms with Crippen LogP contribution in [0.4, 0.5) is 0 Å². The zero-order chi connectivity index (χ0) is 14.9. The first kappa shape index (κ1) is 15.7. The van der Waals surface area contributed by atoms with E-state index in [1.54, 1.807) is 0 Å². The topological polar surface area (TPSA) is 41.5 Å². The molecule has 0 atom stereocenters. The second kappa shape index (κ2) is 8.57. The minimum atomic E-state index is 0.0957. The molecular formula is C18H23NO2. The van der Waals surface area contributed by atoms with Gasteiger partial charge in [0, 0.05) is 19.7 Å². The van der Waals surface area contributed by atoms with Gasteiger partial charge in [0.25, 0.3) is 0 Å². The van der Waals surface area contributed by atoms with Gasteiger partial charge in [0.05, 0.1) is 13.2 Å². The van der Waals surface area contributed by atoms with Gasteiger partial charge in [-0.3, -0.25) is 0 Å². The van der Waals surface area contributed by atoms with Gasteiger partial charge in [0.2, 0.25) is 0 Å². The average molecular weight is 285 g/mol. The lowest BCUT2D eigenvalue weighted by atomic mass is 10.1. The highest BCUT2D eigenvalue weighted by Gasteiger charge is 2.01. The van der Waals surface area contributed by atoms with Crippen molar-refractivity contribution in [2.24, 2.45) is 0 Å². The second-order valence-corrected chi connectivity index (χ2v) is 4.98. The van der Waals surface area contributed by atoms with Crippen molar-refractivity contribution in [1.29, 1.82) is 0 Å². The fourth-order valence-electron chi connectivity index (χ4n) is 2.19. The molecule has 2 rings (SSSR count). The molecule has 0 fully saturated rings. The van der Waals surface area contributed by atoms with E-state index in [1.165, 1.54) is 16.7 Å². The van der Waals surface area contributed by atoms with Gasteiger partial charge < -0.3 is 15.2 Å². The van der Waals surface area contributed by atoms with Crippen LogP contribution in [0, 0.1) is 0 Å². The van der Waals surface area contributed by atoms with Gasteiger partial charge in [-0.05, 0) is 29.2 Å². The average Bonchev–Trinajstić information content (AvgIpc) is 2.54. The van der Waals surface area contributed by atoms with Crippen LogP contribution in [0.3, 0.4) is 0 Å². The molecule has 21 heavy (non-hydrogen) atoms. The number of hydrogen-bond donors (Lipinski definition) is 2. The van der Waals surface area contributed by atoms with E-state index in [4.69, 9.17) is 9.84 Å². The smallest absolute Gasteiger partial charge is 0.0719 e. The lowest BCUT2D eigenvalue weighted by Gasteiger charge is -2.11. The fourth-order valence-corrected chi connectivity index (χ4v) is 2.19. The number of rotatable bonds is 8. The molecule has 0 saturated heterocycles. The molecule has 0 radical (unpaired) electrons. The summed E-state index contributed by atoms with van der Waals surface area (Å²) >= 11 is 0. The fraction of sp³-hybridized carbons (Fsp3) is 0.333. The SMILES string of the molecule is CCOCc1ccccc1CNCc1ccc(CO)cc1. The Morgan fingerprint density at radius 2 is 1.57 bits per heavy atom. The number of benzene rings is 2. The van der Waals surface area contributed by atoms with Crippen LogP contribution in [0.1, 0.15) is 29.2 Å². The van der Waals surface area contributed by atoms with E-state index < -0.39 is 0 Å². The van der Waals surface area contributed by atoms with E-state index in [-0.39, 0.29) is 6.61 Å². The van der Waals surface area contributed by atoms with E-state index in [9.17, 15) is 0 Å². The van der Waals surface area contributed by atoms with E-state index >= 15 is 0 Å². The maximum Gasteiger partial charge on any atom is 0.0719 e. The van der Waals surface area contributed by atoms with Gasteiger partial charge in [0.1, 0.15) is 0 Å². The molecule has 0 aliphatic carbocycles. The molecule has 0 spiro atoms. The highest BCUT2D eigenvalue weighted by Crippen LogP contribution is 2.11. The number of ether oxygens (including phenoxy) is 1. The third kappa shape index (κ3) is 4.97. The summed E-state index contributed by atoms with van der Waals surface area (Å²) in [5, 5.41) is 12.5. The molecule has 2 aromatic carbocycles. The summed E-state index contributed by atoms with van der Waals surface area (Å²) < 4.78 is 5.50. The largest absolute Gasteiger partial charge is 0.392 e. The normalized spacial score (nSPS) is 10.8. The maximum absolute atomic E-state index is 9.03. The van der Waals surface area contributed by atoms with E-state index in [0.29, 0.717) is 6.61 Å². The molecule has 0 unspecified atom stereocenters. The molecule has 3 heteroatoms. The Balaban J connectivity index is 1.87. The molecule has 0 saturated carbocycles. The van der Waals surface area contributed by atoms with Crippen LogP contribution in [0.2, 0.25) is 0 Å². The predicted octanol–water partition coefficient (Wildman–Crippen LogP) is 3.01. The van der Waals surface area contributed by atoms with Gasteiger partial charge in [-0.15, -0.1) is 0 Å². The lowest BCUT2D eigenvalue weighted by molar-refractivity contribution is 0.133. The van der Waals surface area contributed by atoms with Crippen LogP contribution in [-0.4, -0.2) is 11.7 Å². The summed E-state index contributed by atoms with van der Waals surface area (Å²) in [6.45, 7) is 5.15. The molecule has 2 aromatic rings. The highest BCUT2D eigenvalue weighted by atomic mass is 16.5. The predicted molar refractivity (Wildman–Crippen MR) is 84.7 cm³/mol. The summed E-state index contributed by atoms with van der Waals surface area (Å²) in [5.74, 6) is 0. The van der Waals surface area contributed by atoms with Crippen LogP contribution < -0.4 is 5.32 Å². The van der Waals surface area contributed by atoms with E-state index in [1.807, 2.05) is 37.3 Å². The Kier molecular flexibility index (Phi) is 6.41. The van der Waals surface area contributed by atoms with Crippen molar-refractivity contribution in [1.82, 2.24) is 5.32 Å². The molecule has 112 valence electrons. The van der Waals surface area contributed by atoms with E-state index in [2.05, 4.69) is 23.5 Å². The molecule has 0 heterocycles. The maximum atomic E-state index is 9.03. The third-order valence-corrected chi connectivity index (χ3v) is 3.43. The first-order valence-electron chi connectivity index (χ1n) is 7.37. The molecule has 0 bridgehead atoms. The molecule has 3 nitrogen and oxygen atoms in total. The van der Waals surface area contributed by atoms with Crippen molar-refractivity contribution in [2.75, 3.05) is 6.61 Å². The molecule has 2 N–H and O–H groups in total. The molecule has 0 aliphatic rings. The number of hydrogen-bond acceptors (Lipinski definition) is 3. The number of aliphatic hydroxyl groups is 1. The van der Waals surface area contributed by atoms with Crippen LogP contribution in [0.25, 0.3) is 0 Å². The third-order valence-electron chi connectivity index (χ3n) is 3.43. The zero-order valence-electron chi connectivity index (χ0n) is 12.5.